The molecule has 0 heterocycles. The van der Waals surface area contributed by atoms with Crippen LogP contribution < -0.4 is 0 Å². The van der Waals surface area contributed by atoms with Gasteiger partial charge in [-0.05, 0) is 19.5 Å². The van der Waals surface area contributed by atoms with Crippen LogP contribution in [0.25, 0.3) is 0 Å². The lowest BCUT2D eigenvalue weighted by Gasteiger charge is -2.25. The SMILES string of the molecule is CCCC(F)[Si](C)(C)OCC=O. The Labute approximate surface area is 74.2 Å². The highest BCUT2D eigenvalue weighted by atomic mass is 28.4. The van der Waals surface area contributed by atoms with Crippen LogP contribution in [0, 0.1) is 0 Å². The normalized spacial score (nSPS) is 14.3. The number of halogens is 1. The van der Waals surface area contributed by atoms with Crippen molar-refractivity contribution in [2.75, 3.05) is 6.61 Å². The van der Waals surface area contributed by atoms with E-state index in [2.05, 4.69) is 0 Å². The first-order chi connectivity index (χ1) is 5.54. The Morgan fingerprint density at radius 1 is 1.58 bits per heavy atom. The first kappa shape index (κ1) is 11.8. The molecule has 1 atom stereocenters. The Balaban J connectivity index is 3.89. The van der Waals surface area contributed by atoms with Crippen molar-refractivity contribution in [2.24, 2.45) is 0 Å². The summed E-state index contributed by atoms with van der Waals surface area (Å²) in [7, 11) is -2.25. The highest BCUT2D eigenvalue weighted by Gasteiger charge is 2.33. The molecule has 0 radical (unpaired) electrons. The summed E-state index contributed by atoms with van der Waals surface area (Å²) in [6, 6.07) is 0. The third-order valence-corrected chi connectivity index (χ3v) is 4.53. The Hall–Kier alpha value is -0.223. The molecule has 0 saturated carbocycles. The van der Waals surface area contributed by atoms with E-state index in [-0.39, 0.29) is 6.61 Å². The van der Waals surface area contributed by atoms with Gasteiger partial charge in [0.1, 0.15) is 12.1 Å². The van der Waals surface area contributed by atoms with Crippen molar-refractivity contribution >= 4 is 14.6 Å². The Bertz CT molecular complexity index is 139. The molecule has 0 aliphatic rings. The molecule has 0 aromatic carbocycles. The summed E-state index contributed by atoms with van der Waals surface area (Å²) in [6.45, 7) is 5.58. The molecule has 2 nitrogen and oxygen atoms in total. The summed E-state index contributed by atoms with van der Waals surface area (Å²) < 4.78 is 18.5. The average molecular weight is 192 g/mol. The fraction of sp³-hybridized carbons (Fsp3) is 0.875. The summed E-state index contributed by atoms with van der Waals surface area (Å²) in [5, 5.41) is 0. The molecule has 0 aromatic heterocycles. The van der Waals surface area contributed by atoms with Crippen molar-refractivity contribution in [3.63, 3.8) is 0 Å². The second-order valence-corrected chi connectivity index (χ2v) is 7.46. The Morgan fingerprint density at radius 2 is 2.17 bits per heavy atom. The number of aldehydes is 1. The van der Waals surface area contributed by atoms with Gasteiger partial charge in [-0.15, -0.1) is 0 Å². The molecule has 12 heavy (non-hydrogen) atoms. The molecule has 0 bridgehead atoms. The van der Waals surface area contributed by atoms with Crippen molar-refractivity contribution in [3.8, 4) is 0 Å². The van der Waals surface area contributed by atoms with Crippen LogP contribution in [-0.4, -0.2) is 27.0 Å². The zero-order valence-corrected chi connectivity index (χ0v) is 8.97. The van der Waals surface area contributed by atoms with Crippen LogP contribution >= 0.6 is 0 Å². The molecule has 0 N–H and O–H groups in total. The van der Waals surface area contributed by atoms with Crippen molar-refractivity contribution in [1.82, 2.24) is 0 Å². The van der Waals surface area contributed by atoms with Crippen molar-refractivity contribution in [2.45, 2.75) is 38.7 Å². The number of carbonyl (C=O) groups is 1. The van der Waals surface area contributed by atoms with E-state index in [1.165, 1.54) is 0 Å². The first-order valence-corrected chi connectivity index (χ1v) is 7.24. The average Bonchev–Trinajstić information content (AvgIpc) is 2.01. The lowest BCUT2D eigenvalue weighted by Crippen LogP contribution is -2.42. The highest BCUT2D eigenvalue weighted by Crippen LogP contribution is 2.17. The van der Waals surface area contributed by atoms with Crippen LogP contribution in [0.15, 0.2) is 0 Å². The quantitative estimate of drug-likeness (QED) is 0.476. The van der Waals surface area contributed by atoms with Gasteiger partial charge in [-0.25, -0.2) is 4.39 Å². The van der Waals surface area contributed by atoms with E-state index in [9.17, 15) is 9.18 Å². The minimum Gasteiger partial charge on any atom is -0.407 e. The monoisotopic (exact) mass is 192 g/mol. The first-order valence-electron chi connectivity index (χ1n) is 4.26. The third kappa shape index (κ3) is 3.97. The lowest BCUT2D eigenvalue weighted by atomic mass is 10.4. The van der Waals surface area contributed by atoms with Gasteiger partial charge in [0.25, 0.3) is 0 Å². The van der Waals surface area contributed by atoms with Gasteiger partial charge in [-0.3, -0.25) is 0 Å². The summed E-state index contributed by atoms with van der Waals surface area (Å²) in [6.07, 6.45) is 2.04. The van der Waals surface area contributed by atoms with Crippen molar-refractivity contribution in [1.29, 1.82) is 0 Å². The van der Waals surface area contributed by atoms with Crippen LogP contribution in [0.4, 0.5) is 4.39 Å². The van der Waals surface area contributed by atoms with Gasteiger partial charge in [0, 0.05) is 0 Å². The molecule has 0 aliphatic heterocycles. The van der Waals surface area contributed by atoms with Crippen LogP contribution in [0.3, 0.4) is 0 Å². The van der Waals surface area contributed by atoms with E-state index in [0.717, 1.165) is 6.42 Å². The predicted molar refractivity (Wildman–Crippen MR) is 49.3 cm³/mol. The second-order valence-electron chi connectivity index (χ2n) is 3.34. The van der Waals surface area contributed by atoms with Gasteiger partial charge in [0.05, 0.1) is 6.61 Å². The fourth-order valence-electron chi connectivity index (χ4n) is 0.940. The number of alkyl halides is 1. The lowest BCUT2D eigenvalue weighted by molar-refractivity contribution is -0.109. The summed E-state index contributed by atoms with van der Waals surface area (Å²) in [5.41, 5.74) is 0. The molecule has 1 unspecified atom stereocenters. The number of rotatable bonds is 6. The van der Waals surface area contributed by atoms with Crippen molar-refractivity contribution < 1.29 is 13.6 Å². The van der Waals surface area contributed by atoms with Gasteiger partial charge in [0.15, 0.2) is 0 Å². The molecule has 0 rings (SSSR count). The Kier molecular flexibility index (Phi) is 5.33. The smallest absolute Gasteiger partial charge is 0.221 e. The standard InChI is InChI=1S/C8H17FO2Si/c1-4-5-8(9)12(2,3)11-7-6-10/h6,8H,4-5,7H2,1-3H3. The summed E-state index contributed by atoms with van der Waals surface area (Å²) in [5.74, 6) is -0.859. The zero-order valence-electron chi connectivity index (χ0n) is 7.97. The van der Waals surface area contributed by atoms with Gasteiger partial charge in [-0.1, -0.05) is 13.3 Å². The van der Waals surface area contributed by atoms with E-state index in [1.54, 1.807) is 13.1 Å². The zero-order chi connectivity index (χ0) is 9.61. The molecule has 4 heteroatoms. The minimum absolute atomic E-state index is 0.0311. The number of carbonyl (C=O) groups excluding carboxylic acids is 1. The molecule has 0 aliphatic carbocycles. The molecule has 0 saturated heterocycles. The maximum absolute atomic E-state index is 13.3. The van der Waals surface area contributed by atoms with Crippen LogP contribution in [0.5, 0.6) is 0 Å². The molecular formula is C8H17FO2Si. The minimum atomic E-state index is -2.25. The Morgan fingerprint density at radius 3 is 2.58 bits per heavy atom. The van der Waals surface area contributed by atoms with E-state index >= 15 is 0 Å². The van der Waals surface area contributed by atoms with E-state index < -0.39 is 14.1 Å². The molecule has 0 amide bonds. The van der Waals surface area contributed by atoms with Crippen LogP contribution in [0.2, 0.25) is 13.1 Å². The third-order valence-electron chi connectivity index (χ3n) is 1.82. The van der Waals surface area contributed by atoms with Gasteiger partial charge < -0.3 is 9.22 Å². The molecule has 0 spiro atoms. The number of hydrogen-bond acceptors (Lipinski definition) is 2. The predicted octanol–water partition coefficient (Wildman–Crippen LogP) is 2.08. The maximum Gasteiger partial charge on any atom is 0.221 e. The largest absolute Gasteiger partial charge is 0.407 e. The fourth-order valence-corrected chi connectivity index (χ4v) is 2.60. The van der Waals surface area contributed by atoms with Crippen LogP contribution in [-0.2, 0) is 9.22 Å². The number of hydrogen-bond donors (Lipinski definition) is 0. The van der Waals surface area contributed by atoms with E-state index in [0.29, 0.717) is 12.7 Å². The van der Waals surface area contributed by atoms with Gasteiger partial charge >= 0.3 is 0 Å². The van der Waals surface area contributed by atoms with Gasteiger partial charge in [0.2, 0.25) is 8.32 Å². The molecule has 0 fully saturated rings. The van der Waals surface area contributed by atoms with Gasteiger partial charge in [-0.2, -0.15) is 0 Å². The maximum atomic E-state index is 13.3. The molecular weight excluding hydrogens is 175 g/mol. The second kappa shape index (κ2) is 5.43. The van der Waals surface area contributed by atoms with Crippen LogP contribution in [0.1, 0.15) is 19.8 Å². The van der Waals surface area contributed by atoms with E-state index in [1.807, 2.05) is 6.92 Å². The summed E-state index contributed by atoms with van der Waals surface area (Å²) >= 11 is 0. The molecule has 0 aromatic rings. The highest BCUT2D eigenvalue weighted by molar-refractivity contribution is 6.72. The van der Waals surface area contributed by atoms with E-state index in [4.69, 9.17) is 4.43 Å². The summed E-state index contributed by atoms with van der Waals surface area (Å²) in [4.78, 5) is 10.0. The topological polar surface area (TPSA) is 26.3 Å². The van der Waals surface area contributed by atoms with Crippen molar-refractivity contribution in [3.05, 3.63) is 0 Å². The molecule has 72 valence electrons.